The lowest BCUT2D eigenvalue weighted by Gasteiger charge is -2.55. The summed E-state index contributed by atoms with van der Waals surface area (Å²) in [5.74, 6) is -0.246. The number of rotatable bonds is 5. The molecule has 4 rings (SSSR count). The predicted octanol–water partition coefficient (Wildman–Crippen LogP) is 4.44. The average Bonchev–Trinajstić information content (AvgIpc) is 2.79. The van der Waals surface area contributed by atoms with Gasteiger partial charge in [0.1, 0.15) is 0 Å². The van der Waals surface area contributed by atoms with Crippen molar-refractivity contribution in [3.05, 3.63) is 65.5 Å². The number of benzene rings is 1. The first-order valence-corrected chi connectivity index (χ1v) is 11.2. The molecule has 1 spiro atoms. The third-order valence-corrected chi connectivity index (χ3v) is 6.97. The van der Waals surface area contributed by atoms with Crippen molar-refractivity contribution >= 4 is 11.8 Å². The van der Waals surface area contributed by atoms with Gasteiger partial charge in [0.25, 0.3) is 5.91 Å². The van der Waals surface area contributed by atoms with Crippen LogP contribution in [0.2, 0.25) is 0 Å². The summed E-state index contributed by atoms with van der Waals surface area (Å²) in [7, 11) is 0. The minimum atomic E-state index is -0.443. The van der Waals surface area contributed by atoms with Crippen LogP contribution in [-0.4, -0.2) is 33.3 Å². The van der Waals surface area contributed by atoms with E-state index in [-0.39, 0.29) is 23.8 Å². The van der Waals surface area contributed by atoms with Gasteiger partial charge in [0, 0.05) is 30.5 Å². The minimum absolute atomic E-state index is 0.0157. The van der Waals surface area contributed by atoms with Crippen LogP contribution in [0.1, 0.15) is 79.8 Å². The molecular weight excluding hydrogens is 374 g/mol. The van der Waals surface area contributed by atoms with Crippen molar-refractivity contribution in [1.82, 2.24) is 15.2 Å². The summed E-state index contributed by atoms with van der Waals surface area (Å²) in [6, 6.07) is 11.6. The fourth-order valence-corrected chi connectivity index (χ4v) is 5.40. The van der Waals surface area contributed by atoms with Crippen molar-refractivity contribution < 1.29 is 9.59 Å². The van der Waals surface area contributed by atoms with Crippen molar-refractivity contribution in [1.29, 1.82) is 0 Å². The maximum Gasteiger partial charge on any atom is 0.254 e. The number of nitrogens with zero attached hydrogens (tertiary/aromatic N) is 2. The lowest BCUT2D eigenvalue weighted by molar-refractivity contribution is -0.128. The zero-order valence-electron chi connectivity index (χ0n) is 17.9. The van der Waals surface area contributed by atoms with E-state index in [1.54, 1.807) is 12.4 Å². The average molecular weight is 406 g/mol. The summed E-state index contributed by atoms with van der Waals surface area (Å²) in [5, 5.41) is 3.17. The molecule has 1 aromatic carbocycles. The van der Waals surface area contributed by atoms with E-state index in [2.05, 4.69) is 29.0 Å². The Labute approximate surface area is 178 Å². The number of hydrogen-bond acceptors (Lipinski definition) is 3. The topological polar surface area (TPSA) is 62.3 Å². The Bertz CT molecular complexity index is 906. The van der Waals surface area contributed by atoms with Gasteiger partial charge in [-0.05, 0) is 55.5 Å². The normalized spacial score (nSPS) is 21.2. The summed E-state index contributed by atoms with van der Waals surface area (Å²) in [4.78, 5) is 33.5. The summed E-state index contributed by atoms with van der Waals surface area (Å²) in [5.41, 5.74) is 2.14. The second-order valence-electron chi connectivity index (χ2n) is 8.69. The number of aromatic nitrogens is 1. The summed E-state index contributed by atoms with van der Waals surface area (Å²) < 4.78 is 0. The molecule has 0 saturated heterocycles. The van der Waals surface area contributed by atoms with Crippen LogP contribution >= 0.6 is 0 Å². The number of carbonyl (C=O) groups is 2. The Kier molecular flexibility index (Phi) is 5.89. The lowest BCUT2D eigenvalue weighted by Crippen LogP contribution is -2.64. The van der Waals surface area contributed by atoms with E-state index in [1.165, 1.54) is 0 Å². The van der Waals surface area contributed by atoms with Gasteiger partial charge in [0.2, 0.25) is 5.91 Å². The Morgan fingerprint density at radius 2 is 1.87 bits per heavy atom. The smallest absolute Gasteiger partial charge is 0.254 e. The Morgan fingerprint density at radius 3 is 2.57 bits per heavy atom. The second kappa shape index (κ2) is 8.58. The number of fused-ring (bicyclic) bond motifs is 1. The fourth-order valence-electron chi connectivity index (χ4n) is 5.40. The van der Waals surface area contributed by atoms with E-state index < -0.39 is 5.54 Å². The van der Waals surface area contributed by atoms with Gasteiger partial charge in [0.05, 0.1) is 11.5 Å². The van der Waals surface area contributed by atoms with Gasteiger partial charge in [-0.2, -0.15) is 0 Å². The first-order valence-electron chi connectivity index (χ1n) is 11.2. The van der Waals surface area contributed by atoms with Crippen LogP contribution in [-0.2, 0) is 11.3 Å². The van der Waals surface area contributed by atoms with Gasteiger partial charge in [-0.1, -0.05) is 44.4 Å². The van der Waals surface area contributed by atoms with Crippen LogP contribution in [0, 0.1) is 0 Å². The van der Waals surface area contributed by atoms with Crippen LogP contribution < -0.4 is 5.32 Å². The van der Waals surface area contributed by atoms with Gasteiger partial charge in [-0.25, -0.2) is 0 Å². The molecule has 30 heavy (non-hydrogen) atoms. The highest BCUT2D eigenvalue weighted by molar-refractivity contribution is 6.02. The highest BCUT2D eigenvalue weighted by Crippen LogP contribution is 2.50. The fraction of sp³-hybridized carbons (Fsp3) is 0.480. The van der Waals surface area contributed by atoms with E-state index in [0.29, 0.717) is 12.1 Å². The second-order valence-corrected chi connectivity index (χ2v) is 8.69. The minimum Gasteiger partial charge on any atom is -0.351 e. The largest absolute Gasteiger partial charge is 0.351 e. The Balaban J connectivity index is 1.76. The van der Waals surface area contributed by atoms with Gasteiger partial charge in [0.15, 0.2) is 0 Å². The molecule has 2 amide bonds. The maximum atomic E-state index is 13.7. The molecule has 2 aromatic rings. The van der Waals surface area contributed by atoms with Crippen molar-refractivity contribution in [2.75, 3.05) is 0 Å². The van der Waals surface area contributed by atoms with Crippen LogP contribution in [0.25, 0.3) is 0 Å². The molecule has 0 bridgehead atoms. The Morgan fingerprint density at radius 1 is 1.17 bits per heavy atom. The van der Waals surface area contributed by atoms with Crippen LogP contribution in [0.4, 0.5) is 0 Å². The summed E-state index contributed by atoms with van der Waals surface area (Å²) >= 11 is 0. The first kappa shape index (κ1) is 20.6. The number of pyridine rings is 1. The number of amides is 2. The molecule has 5 heteroatoms. The number of hydrogen-bond donors (Lipinski definition) is 1. The van der Waals surface area contributed by atoms with Crippen LogP contribution in [0.15, 0.2) is 48.8 Å². The van der Waals surface area contributed by atoms with E-state index in [0.717, 1.165) is 49.7 Å². The van der Waals surface area contributed by atoms with Gasteiger partial charge in [-0.15, -0.1) is 0 Å². The zero-order chi connectivity index (χ0) is 21.1. The molecule has 1 saturated carbocycles. The Hall–Kier alpha value is -2.69. The molecule has 2 heterocycles. The lowest BCUT2D eigenvalue weighted by atomic mass is 9.64. The number of nitrogens with one attached hydrogen (secondary N) is 1. The molecule has 2 aliphatic rings. The van der Waals surface area contributed by atoms with E-state index in [1.807, 2.05) is 36.4 Å². The summed E-state index contributed by atoms with van der Waals surface area (Å²) in [6.07, 6.45) is 9.38. The highest BCUT2D eigenvalue weighted by atomic mass is 16.2. The molecule has 158 valence electrons. The SMILES string of the molecule is CC[C@@H](C)N1C(=O)c2ccccc2[C@@H](C(=O)NCc2ccncc2)C12CCCCC2. The molecule has 2 atom stereocenters. The van der Waals surface area contributed by atoms with Crippen molar-refractivity contribution in [2.45, 2.75) is 76.4 Å². The number of carbonyl (C=O) groups excluding carboxylic acids is 2. The molecule has 1 aliphatic carbocycles. The third-order valence-electron chi connectivity index (χ3n) is 6.97. The predicted molar refractivity (Wildman–Crippen MR) is 117 cm³/mol. The summed E-state index contributed by atoms with van der Waals surface area (Å²) in [6.45, 7) is 4.70. The quantitative estimate of drug-likeness (QED) is 0.800. The highest BCUT2D eigenvalue weighted by Gasteiger charge is 2.55. The van der Waals surface area contributed by atoms with Crippen molar-refractivity contribution in [2.24, 2.45) is 0 Å². The van der Waals surface area contributed by atoms with Gasteiger partial charge in [-0.3, -0.25) is 14.6 Å². The van der Waals surface area contributed by atoms with Crippen molar-refractivity contribution in [3.8, 4) is 0 Å². The zero-order valence-corrected chi connectivity index (χ0v) is 17.9. The van der Waals surface area contributed by atoms with E-state index in [9.17, 15) is 9.59 Å². The van der Waals surface area contributed by atoms with Gasteiger partial charge >= 0.3 is 0 Å². The van der Waals surface area contributed by atoms with Gasteiger partial charge < -0.3 is 10.2 Å². The van der Waals surface area contributed by atoms with E-state index >= 15 is 0 Å². The molecule has 1 aliphatic heterocycles. The monoisotopic (exact) mass is 405 g/mol. The molecule has 1 N–H and O–H groups in total. The third kappa shape index (κ3) is 3.51. The first-order chi connectivity index (χ1) is 14.6. The molecule has 0 radical (unpaired) electrons. The van der Waals surface area contributed by atoms with Crippen molar-refractivity contribution in [3.63, 3.8) is 0 Å². The maximum absolute atomic E-state index is 13.7. The molecular formula is C25H31N3O2. The molecule has 0 unspecified atom stereocenters. The van der Waals surface area contributed by atoms with E-state index in [4.69, 9.17) is 0 Å². The van der Waals surface area contributed by atoms with Crippen LogP contribution in [0.5, 0.6) is 0 Å². The van der Waals surface area contributed by atoms with Crippen LogP contribution in [0.3, 0.4) is 0 Å². The standard InChI is InChI=1S/C25H31N3O2/c1-3-18(2)28-24(30)21-10-6-5-9-20(21)22(25(28)13-7-4-8-14-25)23(29)27-17-19-11-15-26-16-12-19/h5-6,9-12,15-16,18,22H,3-4,7-8,13-14,17H2,1-2H3,(H,27,29)/t18-,22+/m1/s1. The molecule has 1 fully saturated rings. The molecule has 1 aromatic heterocycles. The molecule has 5 nitrogen and oxygen atoms in total.